The van der Waals surface area contributed by atoms with Crippen molar-refractivity contribution in [2.45, 2.75) is 12.6 Å². The van der Waals surface area contributed by atoms with E-state index in [0.29, 0.717) is 13.1 Å². The van der Waals surface area contributed by atoms with Gasteiger partial charge in [0.1, 0.15) is 5.75 Å². The molecular weight excluding hydrogens is 398 g/mol. The van der Waals surface area contributed by atoms with E-state index in [1.54, 1.807) is 7.11 Å². The summed E-state index contributed by atoms with van der Waals surface area (Å²) in [6.45, 7) is 1.18. The number of aliphatic hydroxyl groups excluding tert-OH is 1. The molecule has 2 rings (SSSR count). The molecule has 2 N–H and O–H groups in total. The minimum absolute atomic E-state index is 0.503. The standard InChI is InChI=1S/C16H17Br2NO2/c1-21-16-13(17)7-11(8-14(16)18)9-19-10-15(20)12-5-3-2-4-6-12/h2-8,15,19-20H,9-10H2,1H3. The van der Waals surface area contributed by atoms with Crippen molar-refractivity contribution in [3.63, 3.8) is 0 Å². The average Bonchev–Trinajstić information content (AvgIpc) is 2.48. The van der Waals surface area contributed by atoms with Crippen molar-refractivity contribution in [2.24, 2.45) is 0 Å². The summed E-state index contributed by atoms with van der Waals surface area (Å²) < 4.78 is 7.08. The Kier molecular flexibility index (Phi) is 6.23. The van der Waals surface area contributed by atoms with Gasteiger partial charge in [0.2, 0.25) is 0 Å². The molecule has 1 atom stereocenters. The molecular formula is C16H17Br2NO2. The maximum Gasteiger partial charge on any atom is 0.147 e. The predicted molar refractivity (Wildman–Crippen MR) is 91.5 cm³/mol. The minimum atomic E-state index is -0.503. The summed E-state index contributed by atoms with van der Waals surface area (Å²) in [6.07, 6.45) is -0.503. The van der Waals surface area contributed by atoms with Gasteiger partial charge in [-0.05, 0) is 55.1 Å². The van der Waals surface area contributed by atoms with E-state index in [-0.39, 0.29) is 0 Å². The van der Waals surface area contributed by atoms with E-state index in [1.165, 1.54) is 0 Å². The van der Waals surface area contributed by atoms with Crippen LogP contribution in [0.1, 0.15) is 17.2 Å². The van der Waals surface area contributed by atoms with E-state index < -0.39 is 6.10 Å². The molecule has 0 aliphatic carbocycles. The summed E-state index contributed by atoms with van der Waals surface area (Å²) in [5, 5.41) is 13.3. The molecule has 21 heavy (non-hydrogen) atoms. The molecule has 5 heteroatoms. The molecule has 0 aliphatic heterocycles. The van der Waals surface area contributed by atoms with E-state index in [0.717, 1.165) is 25.8 Å². The number of rotatable bonds is 6. The van der Waals surface area contributed by atoms with E-state index in [2.05, 4.69) is 37.2 Å². The number of hydrogen-bond donors (Lipinski definition) is 2. The van der Waals surface area contributed by atoms with Crippen LogP contribution in [0.5, 0.6) is 5.75 Å². The van der Waals surface area contributed by atoms with Crippen LogP contribution in [0.2, 0.25) is 0 Å². The Morgan fingerprint density at radius 2 is 1.76 bits per heavy atom. The zero-order chi connectivity index (χ0) is 15.2. The normalized spacial score (nSPS) is 12.2. The van der Waals surface area contributed by atoms with Gasteiger partial charge in [-0.1, -0.05) is 30.3 Å². The lowest BCUT2D eigenvalue weighted by atomic mass is 10.1. The SMILES string of the molecule is COc1c(Br)cc(CNCC(O)c2ccccc2)cc1Br. The molecule has 3 nitrogen and oxygen atoms in total. The number of benzene rings is 2. The molecule has 0 radical (unpaired) electrons. The van der Waals surface area contributed by atoms with Crippen molar-refractivity contribution >= 4 is 31.9 Å². The molecule has 0 saturated heterocycles. The molecule has 0 aliphatic rings. The molecule has 2 aromatic carbocycles. The lowest BCUT2D eigenvalue weighted by Crippen LogP contribution is -2.21. The third kappa shape index (κ3) is 4.54. The summed E-state index contributed by atoms with van der Waals surface area (Å²) in [7, 11) is 1.64. The number of aliphatic hydroxyl groups is 1. The first-order valence-corrected chi connectivity index (χ1v) is 8.16. The highest BCUT2D eigenvalue weighted by atomic mass is 79.9. The van der Waals surface area contributed by atoms with Crippen molar-refractivity contribution in [1.82, 2.24) is 5.32 Å². The molecule has 1 unspecified atom stereocenters. The van der Waals surface area contributed by atoms with Gasteiger partial charge in [-0.3, -0.25) is 0 Å². The average molecular weight is 415 g/mol. The van der Waals surface area contributed by atoms with Crippen molar-refractivity contribution in [3.05, 3.63) is 62.5 Å². The Morgan fingerprint density at radius 1 is 1.14 bits per heavy atom. The zero-order valence-electron chi connectivity index (χ0n) is 11.6. The predicted octanol–water partition coefficient (Wildman–Crippen LogP) is 4.04. The summed E-state index contributed by atoms with van der Waals surface area (Å²) in [5.41, 5.74) is 2.02. The quantitative estimate of drug-likeness (QED) is 0.749. The number of nitrogens with one attached hydrogen (secondary N) is 1. The second-order valence-electron chi connectivity index (χ2n) is 4.65. The smallest absolute Gasteiger partial charge is 0.147 e. The van der Waals surface area contributed by atoms with Crippen LogP contribution in [0.4, 0.5) is 0 Å². The van der Waals surface area contributed by atoms with Crippen molar-refractivity contribution < 1.29 is 9.84 Å². The molecule has 0 fully saturated rings. The second-order valence-corrected chi connectivity index (χ2v) is 6.36. The maximum absolute atomic E-state index is 10.1. The first-order valence-electron chi connectivity index (χ1n) is 6.57. The third-order valence-corrected chi connectivity index (χ3v) is 4.29. The fourth-order valence-corrected chi connectivity index (χ4v) is 3.66. The molecule has 0 aromatic heterocycles. The van der Waals surface area contributed by atoms with Crippen molar-refractivity contribution in [3.8, 4) is 5.75 Å². The van der Waals surface area contributed by atoms with Gasteiger partial charge in [0, 0.05) is 13.1 Å². The Morgan fingerprint density at radius 3 is 2.33 bits per heavy atom. The fraction of sp³-hybridized carbons (Fsp3) is 0.250. The van der Waals surface area contributed by atoms with Gasteiger partial charge in [-0.2, -0.15) is 0 Å². The van der Waals surface area contributed by atoms with Gasteiger partial charge < -0.3 is 15.2 Å². The Labute approximate surface area is 141 Å². The number of halogens is 2. The third-order valence-electron chi connectivity index (χ3n) is 3.11. The first kappa shape index (κ1) is 16.5. The van der Waals surface area contributed by atoms with Gasteiger partial charge >= 0.3 is 0 Å². The summed E-state index contributed by atoms with van der Waals surface area (Å²) in [6, 6.07) is 13.7. The van der Waals surface area contributed by atoms with Gasteiger partial charge in [0.15, 0.2) is 0 Å². The number of hydrogen-bond acceptors (Lipinski definition) is 3. The molecule has 0 spiro atoms. The lowest BCUT2D eigenvalue weighted by Gasteiger charge is -2.13. The molecule has 0 saturated carbocycles. The van der Waals surface area contributed by atoms with Crippen LogP contribution in [-0.4, -0.2) is 18.8 Å². The van der Waals surface area contributed by atoms with Crippen molar-refractivity contribution in [2.75, 3.05) is 13.7 Å². The van der Waals surface area contributed by atoms with E-state index in [9.17, 15) is 5.11 Å². The molecule has 0 bridgehead atoms. The van der Waals surface area contributed by atoms with E-state index in [1.807, 2.05) is 42.5 Å². The van der Waals surface area contributed by atoms with Gasteiger partial charge in [-0.15, -0.1) is 0 Å². The molecule has 2 aromatic rings. The topological polar surface area (TPSA) is 41.5 Å². The van der Waals surface area contributed by atoms with Crippen LogP contribution in [0.15, 0.2) is 51.4 Å². The fourth-order valence-electron chi connectivity index (χ4n) is 2.06. The monoisotopic (exact) mass is 413 g/mol. The number of ether oxygens (including phenoxy) is 1. The van der Waals surface area contributed by atoms with Crippen LogP contribution in [0.25, 0.3) is 0 Å². The van der Waals surface area contributed by atoms with Gasteiger partial charge in [0.05, 0.1) is 22.2 Å². The molecule has 112 valence electrons. The first-order chi connectivity index (χ1) is 10.1. The highest BCUT2D eigenvalue weighted by Gasteiger charge is 2.09. The Hall–Kier alpha value is -0.880. The maximum atomic E-state index is 10.1. The largest absolute Gasteiger partial charge is 0.494 e. The van der Waals surface area contributed by atoms with Crippen LogP contribution in [0, 0.1) is 0 Å². The van der Waals surface area contributed by atoms with Gasteiger partial charge in [0.25, 0.3) is 0 Å². The van der Waals surface area contributed by atoms with Crippen LogP contribution in [0.3, 0.4) is 0 Å². The zero-order valence-corrected chi connectivity index (χ0v) is 14.8. The van der Waals surface area contributed by atoms with Crippen molar-refractivity contribution in [1.29, 1.82) is 0 Å². The lowest BCUT2D eigenvalue weighted by molar-refractivity contribution is 0.174. The van der Waals surface area contributed by atoms with Crippen LogP contribution >= 0.6 is 31.9 Å². The number of methoxy groups -OCH3 is 1. The van der Waals surface area contributed by atoms with Gasteiger partial charge in [-0.25, -0.2) is 0 Å². The van der Waals surface area contributed by atoms with E-state index in [4.69, 9.17) is 4.74 Å². The molecule has 0 heterocycles. The molecule has 0 amide bonds. The minimum Gasteiger partial charge on any atom is -0.494 e. The Balaban J connectivity index is 1.92. The summed E-state index contributed by atoms with van der Waals surface area (Å²) in [5.74, 6) is 0.781. The second kappa shape index (κ2) is 7.94. The van der Waals surface area contributed by atoms with E-state index >= 15 is 0 Å². The van der Waals surface area contributed by atoms with Crippen LogP contribution < -0.4 is 10.1 Å². The highest BCUT2D eigenvalue weighted by molar-refractivity contribution is 9.11. The highest BCUT2D eigenvalue weighted by Crippen LogP contribution is 2.34. The summed E-state index contributed by atoms with van der Waals surface area (Å²) >= 11 is 6.97. The Bertz CT molecular complexity index is 567. The van der Waals surface area contributed by atoms with Crippen LogP contribution in [-0.2, 0) is 6.54 Å². The summed E-state index contributed by atoms with van der Waals surface area (Å²) in [4.78, 5) is 0.